The smallest absolute Gasteiger partial charge is 0.165 e. The molecular formula is C12H9ClIN5. The Balaban J connectivity index is 2.09. The Morgan fingerprint density at radius 1 is 1.26 bits per heavy atom. The van der Waals surface area contributed by atoms with Gasteiger partial charge in [-0.25, -0.2) is 15.0 Å². The largest absolute Gasteiger partial charge is 0.382 e. The molecule has 0 aliphatic rings. The molecule has 0 atom stereocenters. The van der Waals surface area contributed by atoms with Crippen molar-refractivity contribution in [2.45, 2.75) is 6.54 Å². The highest BCUT2D eigenvalue weighted by atomic mass is 127. The summed E-state index contributed by atoms with van der Waals surface area (Å²) in [6.45, 7) is 0.602. The van der Waals surface area contributed by atoms with E-state index in [1.54, 1.807) is 6.33 Å². The van der Waals surface area contributed by atoms with Crippen LogP contribution in [0.1, 0.15) is 5.56 Å². The van der Waals surface area contributed by atoms with E-state index in [0.717, 1.165) is 14.2 Å². The zero-order chi connectivity index (χ0) is 13.4. The monoisotopic (exact) mass is 385 g/mol. The number of nitrogen functional groups attached to an aromatic ring is 1. The van der Waals surface area contributed by atoms with E-state index in [1.165, 1.54) is 6.33 Å². The fraction of sp³-hybridized carbons (Fsp3) is 0.0833. The van der Waals surface area contributed by atoms with Gasteiger partial charge in [0.1, 0.15) is 11.8 Å². The number of benzene rings is 1. The minimum absolute atomic E-state index is 0.387. The lowest BCUT2D eigenvalue weighted by atomic mass is 10.2. The fourth-order valence-corrected chi connectivity index (χ4v) is 2.93. The molecule has 2 aromatic heterocycles. The highest BCUT2D eigenvalue weighted by Gasteiger charge is 2.11. The van der Waals surface area contributed by atoms with Crippen molar-refractivity contribution in [3.63, 3.8) is 0 Å². The van der Waals surface area contributed by atoms with Crippen molar-refractivity contribution in [3.8, 4) is 0 Å². The average molecular weight is 386 g/mol. The Bertz CT molecular complexity index is 735. The van der Waals surface area contributed by atoms with Crippen LogP contribution in [0.4, 0.5) is 5.82 Å². The molecule has 0 saturated carbocycles. The van der Waals surface area contributed by atoms with Gasteiger partial charge in [0.25, 0.3) is 0 Å². The first-order valence-electron chi connectivity index (χ1n) is 5.51. The zero-order valence-corrected chi connectivity index (χ0v) is 12.6. The Morgan fingerprint density at radius 2 is 2.11 bits per heavy atom. The van der Waals surface area contributed by atoms with Gasteiger partial charge in [0.15, 0.2) is 11.5 Å². The second kappa shape index (κ2) is 4.93. The summed E-state index contributed by atoms with van der Waals surface area (Å²) < 4.78 is 3.02. The van der Waals surface area contributed by atoms with E-state index in [0.29, 0.717) is 23.5 Å². The van der Waals surface area contributed by atoms with Gasteiger partial charge in [-0.2, -0.15) is 0 Å². The van der Waals surface area contributed by atoms with Gasteiger partial charge >= 0.3 is 0 Å². The number of aromatic nitrogens is 4. The first kappa shape index (κ1) is 12.6. The number of hydrogen-bond acceptors (Lipinski definition) is 4. The van der Waals surface area contributed by atoms with E-state index in [4.69, 9.17) is 17.3 Å². The summed E-state index contributed by atoms with van der Waals surface area (Å²) in [6, 6.07) is 5.82. The van der Waals surface area contributed by atoms with Crippen molar-refractivity contribution < 1.29 is 0 Å². The van der Waals surface area contributed by atoms with Crippen LogP contribution in [-0.2, 0) is 6.54 Å². The van der Waals surface area contributed by atoms with Crippen molar-refractivity contribution in [1.29, 1.82) is 0 Å². The summed E-state index contributed by atoms with van der Waals surface area (Å²) in [5, 5.41) is 0.732. The Labute approximate surface area is 128 Å². The number of fused-ring (bicyclic) bond motifs is 1. The number of nitrogens with two attached hydrogens (primary N) is 1. The lowest BCUT2D eigenvalue weighted by Crippen LogP contribution is -2.02. The number of imidazole rings is 1. The van der Waals surface area contributed by atoms with Gasteiger partial charge in [0.2, 0.25) is 0 Å². The van der Waals surface area contributed by atoms with Crippen molar-refractivity contribution in [3.05, 3.63) is 45.0 Å². The van der Waals surface area contributed by atoms with Crippen LogP contribution >= 0.6 is 34.2 Å². The number of rotatable bonds is 2. The maximum atomic E-state index is 6.23. The van der Waals surface area contributed by atoms with Crippen molar-refractivity contribution in [1.82, 2.24) is 19.5 Å². The van der Waals surface area contributed by atoms with E-state index < -0.39 is 0 Å². The lowest BCUT2D eigenvalue weighted by Gasteiger charge is -2.08. The first-order valence-corrected chi connectivity index (χ1v) is 6.96. The van der Waals surface area contributed by atoms with Gasteiger partial charge in [-0.3, -0.25) is 0 Å². The van der Waals surface area contributed by atoms with Crippen LogP contribution in [0.15, 0.2) is 30.9 Å². The molecule has 0 aliphatic heterocycles. The average Bonchev–Trinajstić information content (AvgIpc) is 2.79. The van der Waals surface area contributed by atoms with Gasteiger partial charge in [0, 0.05) is 14.2 Å². The lowest BCUT2D eigenvalue weighted by molar-refractivity contribution is 0.810. The Morgan fingerprint density at radius 3 is 2.89 bits per heavy atom. The maximum absolute atomic E-state index is 6.23. The molecular weight excluding hydrogens is 377 g/mol. The zero-order valence-electron chi connectivity index (χ0n) is 9.72. The fourth-order valence-electron chi connectivity index (χ4n) is 1.87. The molecule has 1 aromatic carbocycles. The SMILES string of the molecule is Nc1ncnc2c1ncn2Cc1c(Cl)cccc1I. The van der Waals surface area contributed by atoms with Gasteiger partial charge in [-0.15, -0.1) is 0 Å². The van der Waals surface area contributed by atoms with Crippen molar-refractivity contribution in [2.75, 3.05) is 5.73 Å². The van der Waals surface area contributed by atoms with Crippen LogP contribution in [0.2, 0.25) is 5.02 Å². The predicted molar refractivity (Wildman–Crippen MR) is 83.0 cm³/mol. The van der Waals surface area contributed by atoms with Crippen molar-refractivity contribution in [2.24, 2.45) is 0 Å². The van der Waals surface area contributed by atoms with Crippen LogP contribution in [0.5, 0.6) is 0 Å². The van der Waals surface area contributed by atoms with E-state index in [2.05, 4.69) is 37.5 Å². The highest BCUT2D eigenvalue weighted by molar-refractivity contribution is 14.1. The second-order valence-corrected chi connectivity index (χ2v) is 5.57. The van der Waals surface area contributed by atoms with Gasteiger partial charge in [-0.05, 0) is 34.7 Å². The molecule has 2 heterocycles. The third-order valence-corrected chi connectivity index (χ3v) is 4.18. The third-order valence-electron chi connectivity index (χ3n) is 2.82. The summed E-state index contributed by atoms with van der Waals surface area (Å²) in [5.41, 5.74) is 8.14. The standard InChI is InChI=1S/C12H9ClIN5/c13-8-2-1-3-9(14)7(8)4-19-6-18-10-11(15)16-5-17-12(10)19/h1-3,5-6H,4H2,(H2,15,16,17). The highest BCUT2D eigenvalue weighted by Crippen LogP contribution is 2.24. The maximum Gasteiger partial charge on any atom is 0.165 e. The predicted octanol–water partition coefficient (Wildman–Crippen LogP) is 2.71. The van der Waals surface area contributed by atoms with Crippen LogP contribution in [0, 0.1) is 3.57 Å². The molecule has 0 unspecified atom stereocenters. The number of anilines is 1. The molecule has 0 saturated heterocycles. The molecule has 7 heteroatoms. The molecule has 3 rings (SSSR count). The molecule has 2 N–H and O–H groups in total. The second-order valence-electron chi connectivity index (χ2n) is 4.00. The number of nitrogens with zero attached hydrogens (tertiary/aromatic N) is 4. The molecule has 0 amide bonds. The van der Waals surface area contributed by atoms with Crippen LogP contribution in [-0.4, -0.2) is 19.5 Å². The molecule has 0 spiro atoms. The summed E-state index contributed by atoms with van der Waals surface area (Å²) >= 11 is 8.50. The Kier molecular flexibility index (Phi) is 3.28. The molecule has 0 bridgehead atoms. The van der Waals surface area contributed by atoms with Crippen LogP contribution in [0.3, 0.4) is 0 Å². The minimum Gasteiger partial charge on any atom is -0.382 e. The van der Waals surface area contributed by atoms with E-state index in [-0.39, 0.29) is 0 Å². The van der Waals surface area contributed by atoms with E-state index in [1.807, 2.05) is 22.8 Å². The van der Waals surface area contributed by atoms with Crippen LogP contribution < -0.4 is 5.73 Å². The minimum atomic E-state index is 0.387. The normalized spacial score (nSPS) is 11.1. The van der Waals surface area contributed by atoms with Gasteiger partial charge in [0.05, 0.1) is 12.9 Å². The molecule has 5 nitrogen and oxygen atoms in total. The number of halogens is 2. The first-order chi connectivity index (χ1) is 9.16. The topological polar surface area (TPSA) is 69.6 Å². The molecule has 0 fully saturated rings. The van der Waals surface area contributed by atoms with Gasteiger partial charge in [-0.1, -0.05) is 17.7 Å². The summed E-state index contributed by atoms with van der Waals surface area (Å²) in [7, 11) is 0. The summed E-state index contributed by atoms with van der Waals surface area (Å²) in [4.78, 5) is 12.4. The van der Waals surface area contributed by atoms with Crippen molar-refractivity contribution >= 4 is 51.2 Å². The van der Waals surface area contributed by atoms with E-state index in [9.17, 15) is 0 Å². The third kappa shape index (κ3) is 2.25. The van der Waals surface area contributed by atoms with Crippen LogP contribution in [0.25, 0.3) is 11.2 Å². The number of hydrogen-bond donors (Lipinski definition) is 1. The Hall–Kier alpha value is -1.41. The molecule has 96 valence electrons. The summed E-state index contributed by atoms with van der Waals surface area (Å²) in [5.74, 6) is 0.387. The molecule has 3 aromatic rings. The molecule has 0 radical (unpaired) electrons. The quantitative estimate of drug-likeness (QED) is 0.689. The molecule has 0 aliphatic carbocycles. The summed E-state index contributed by atoms with van der Waals surface area (Å²) in [6.07, 6.45) is 3.14. The molecule has 19 heavy (non-hydrogen) atoms. The van der Waals surface area contributed by atoms with E-state index >= 15 is 0 Å². The van der Waals surface area contributed by atoms with Gasteiger partial charge < -0.3 is 10.3 Å².